The molecule has 31 heavy (non-hydrogen) atoms. The second kappa shape index (κ2) is 7.87. The number of hydrogen-bond acceptors (Lipinski definition) is 3. The number of nitrogens with one attached hydrogen (secondary N) is 2. The number of rotatable bonds is 4. The van der Waals surface area contributed by atoms with E-state index in [1.807, 2.05) is 30.3 Å². The maximum absolute atomic E-state index is 13.6. The van der Waals surface area contributed by atoms with E-state index >= 15 is 0 Å². The van der Waals surface area contributed by atoms with Crippen molar-refractivity contribution in [1.82, 2.24) is 0 Å². The van der Waals surface area contributed by atoms with Crippen molar-refractivity contribution < 1.29 is 14.0 Å². The Morgan fingerprint density at radius 1 is 1.10 bits per heavy atom. The molecule has 156 valence electrons. The Morgan fingerprint density at radius 2 is 1.90 bits per heavy atom. The Labute approximate surface area is 179 Å². The zero-order valence-electron chi connectivity index (χ0n) is 16.9. The largest absolute Gasteiger partial charge is 0.367 e. The standard InChI is InChI=1S/C25H22FN3O2/c26-18-9-10-19-20(14-24(30)27-22(19)13-18)25(31)28-21-7-3-1-6-17(21)15-29-12-11-16-5-2-4-8-23(16)29/h1-10,13,20H,11-12,14-15H2,(H,27,30)(H,28,31)/t20-/m0/s1. The second-order valence-electron chi connectivity index (χ2n) is 7.98. The van der Waals surface area contributed by atoms with Gasteiger partial charge in [-0.25, -0.2) is 4.39 Å². The molecule has 0 fully saturated rings. The van der Waals surface area contributed by atoms with Gasteiger partial charge in [-0.05, 0) is 47.4 Å². The Kier molecular flexibility index (Phi) is 4.90. The summed E-state index contributed by atoms with van der Waals surface area (Å²) in [6, 6.07) is 20.2. The number of carbonyl (C=O) groups excluding carboxylic acids is 2. The monoisotopic (exact) mass is 415 g/mol. The fraction of sp³-hybridized carbons (Fsp3) is 0.200. The Bertz CT molecular complexity index is 1180. The minimum Gasteiger partial charge on any atom is -0.367 e. The summed E-state index contributed by atoms with van der Waals surface area (Å²) in [5.41, 5.74) is 5.28. The smallest absolute Gasteiger partial charge is 0.232 e. The Balaban J connectivity index is 1.38. The van der Waals surface area contributed by atoms with Crippen molar-refractivity contribution in [2.75, 3.05) is 22.1 Å². The van der Waals surface area contributed by atoms with Crippen molar-refractivity contribution in [2.24, 2.45) is 0 Å². The third-order valence-electron chi connectivity index (χ3n) is 5.99. The van der Waals surface area contributed by atoms with E-state index in [9.17, 15) is 14.0 Å². The number of amides is 2. The van der Waals surface area contributed by atoms with Crippen LogP contribution in [0, 0.1) is 5.82 Å². The first-order valence-corrected chi connectivity index (χ1v) is 10.4. The maximum Gasteiger partial charge on any atom is 0.232 e. The SMILES string of the molecule is O=C1C[C@H](C(=O)Nc2ccccc2CN2CCc3ccccc32)c2ccc(F)cc2N1. The molecule has 0 aliphatic carbocycles. The molecule has 0 saturated carbocycles. The number of para-hydroxylation sites is 2. The molecule has 6 heteroatoms. The summed E-state index contributed by atoms with van der Waals surface area (Å²) in [5, 5.41) is 5.67. The zero-order valence-corrected chi connectivity index (χ0v) is 16.9. The number of hydrogen-bond donors (Lipinski definition) is 2. The van der Waals surface area contributed by atoms with E-state index in [2.05, 4.69) is 33.7 Å². The molecule has 5 rings (SSSR count). The Hall–Kier alpha value is -3.67. The van der Waals surface area contributed by atoms with Crippen molar-refractivity contribution in [3.8, 4) is 0 Å². The zero-order chi connectivity index (χ0) is 21.4. The molecule has 0 bridgehead atoms. The van der Waals surface area contributed by atoms with Crippen LogP contribution in [0.3, 0.4) is 0 Å². The van der Waals surface area contributed by atoms with Crippen molar-refractivity contribution in [2.45, 2.75) is 25.3 Å². The van der Waals surface area contributed by atoms with E-state index in [0.29, 0.717) is 17.8 Å². The molecule has 0 radical (unpaired) electrons. The predicted molar refractivity (Wildman–Crippen MR) is 119 cm³/mol. The van der Waals surface area contributed by atoms with E-state index in [1.165, 1.54) is 23.4 Å². The van der Waals surface area contributed by atoms with Crippen LogP contribution in [-0.4, -0.2) is 18.4 Å². The first-order chi connectivity index (χ1) is 15.1. The predicted octanol–water partition coefficient (Wildman–Crippen LogP) is 4.45. The van der Waals surface area contributed by atoms with Crippen LogP contribution in [0.4, 0.5) is 21.5 Å². The van der Waals surface area contributed by atoms with E-state index < -0.39 is 11.7 Å². The summed E-state index contributed by atoms with van der Waals surface area (Å²) in [6.45, 7) is 1.61. The van der Waals surface area contributed by atoms with E-state index in [0.717, 1.165) is 24.2 Å². The van der Waals surface area contributed by atoms with E-state index in [1.54, 1.807) is 6.07 Å². The molecular formula is C25H22FN3O2. The van der Waals surface area contributed by atoms with Gasteiger partial charge in [0.2, 0.25) is 11.8 Å². The summed E-state index contributed by atoms with van der Waals surface area (Å²) in [6.07, 6.45) is 1.04. The van der Waals surface area contributed by atoms with Crippen molar-refractivity contribution in [3.63, 3.8) is 0 Å². The molecule has 3 aromatic carbocycles. The maximum atomic E-state index is 13.6. The first kappa shape index (κ1) is 19.3. The van der Waals surface area contributed by atoms with Crippen molar-refractivity contribution in [3.05, 3.63) is 89.2 Å². The van der Waals surface area contributed by atoms with Gasteiger partial charge in [0.05, 0.1) is 5.92 Å². The Morgan fingerprint density at radius 3 is 2.81 bits per heavy atom. The number of carbonyl (C=O) groups is 2. The van der Waals surface area contributed by atoms with Gasteiger partial charge in [-0.1, -0.05) is 42.5 Å². The highest BCUT2D eigenvalue weighted by molar-refractivity contribution is 6.05. The lowest BCUT2D eigenvalue weighted by atomic mass is 9.89. The van der Waals surface area contributed by atoms with Gasteiger partial charge >= 0.3 is 0 Å². The average molecular weight is 415 g/mol. The molecule has 2 amide bonds. The summed E-state index contributed by atoms with van der Waals surface area (Å²) in [5.74, 6) is -1.67. The van der Waals surface area contributed by atoms with Gasteiger partial charge in [0.25, 0.3) is 0 Å². The number of nitrogens with zero attached hydrogens (tertiary/aromatic N) is 1. The third-order valence-corrected chi connectivity index (χ3v) is 5.99. The number of halogens is 1. The molecule has 0 aromatic heterocycles. The summed E-state index contributed by atoms with van der Waals surface area (Å²) >= 11 is 0. The number of fused-ring (bicyclic) bond motifs is 2. The van der Waals surface area contributed by atoms with Crippen LogP contribution in [0.25, 0.3) is 0 Å². The molecule has 0 spiro atoms. The van der Waals surface area contributed by atoms with Gasteiger partial charge in [-0.15, -0.1) is 0 Å². The molecule has 2 aliphatic rings. The minimum atomic E-state index is -0.662. The quantitative estimate of drug-likeness (QED) is 0.662. The molecule has 1 atom stereocenters. The van der Waals surface area contributed by atoms with Gasteiger partial charge in [0, 0.05) is 36.6 Å². The van der Waals surface area contributed by atoms with Gasteiger partial charge in [-0.3, -0.25) is 9.59 Å². The highest BCUT2D eigenvalue weighted by Crippen LogP contribution is 2.34. The second-order valence-corrected chi connectivity index (χ2v) is 7.98. The molecular weight excluding hydrogens is 393 g/mol. The van der Waals surface area contributed by atoms with Crippen molar-refractivity contribution in [1.29, 1.82) is 0 Å². The lowest BCUT2D eigenvalue weighted by Crippen LogP contribution is -2.31. The lowest BCUT2D eigenvalue weighted by molar-refractivity contribution is -0.123. The summed E-state index contributed by atoms with van der Waals surface area (Å²) in [4.78, 5) is 27.6. The highest BCUT2D eigenvalue weighted by atomic mass is 19.1. The lowest BCUT2D eigenvalue weighted by Gasteiger charge is -2.26. The van der Waals surface area contributed by atoms with Crippen LogP contribution in [0.2, 0.25) is 0 Å². The van der Waals surface area contributed by atoms with Gasteiger partial charge < -0.3 is 15.5 Å². The van der Waals surface area contributed by atoms with Crippen LogP contribution >= 0.6 is 0 Å². The molecule has 0 saturated heterocycles. The summed E-state index contributed by atoms with van der Waals surface area (Å²) < 4.78 is 13.6. The molecule has 5 nitrogen and oxygen atoms in total. The van der Waals surface area contributed by atoms with E-state index in [4.69, 9.17) is 0 Å². The van der Waals surface area contributed by atoms with E-state index in [-0.39, 0.29) is 18.2 Å². The van der Waals surface area contributed by atoms with Gasteiger partial charge in [0.1, 0.15) is 5.82 Å². The van der Waals surface area contributed by atoms with Crippen LogP contribution in [0.15, 0.2) is 66.7 Å². The summed E-state index contributed by atoms with van der Waals surface area (Å²) in [7, 11) is 0. The fourth-order valence-electron chi connectivity index (χ4n) is 4.45. The van der Waals surface area contributed by atoms with Crippen LogP contribution < -0.4 is 15.5 Å². The normalized spacial score (nSPS) is 17.0. The van der Waals surface area contributed by atoms with Crippen LogP contribution in [0.5, 0.6) is 0 Å². The van der Waals surface area contributed by atoms with Crippen LogP contribution in [-0.2, 0) is 22.6 Å². The molecule has 2 heterocycles. The van der Waals surface area contributed by atoms with Gasteiger partial charge in [-0.2, -0.15) is 0 Å². The topological polar surface area (TPSA) is 61.4 Å². The average Bonchev–Trinajstić information content (AvgIpc) is 3.17. The molecule has 2 N–H and O–H groups in total. The fourth-order valence-corrected chi connectivity index (χ4v) is 4.45. The minimum absolute atomic E-state index is 0.0339. The van der Waals surface area contributed by atoms with Crippen LogP contribution in [0.1, 0.15) is 29.0 Å². The first-order valence-electron chi connectivity index (χ1n) is 10.4. The highest BCUT2D eigenvalue weighted by Gasteiger charge is 2.31. The van der Waals surface area contributed by atoms with Gasteiger partial charge in [0.15, 0.2) is 0 Å². The third kappa shape index (κ3) is 3.77. The van der Waals surface area contributed by atoms with Crippen molar-refractivity contribution >= 4 is 28.9 Å². The molecule has 0 unspecified atom stereocenters. The molecule has 3 aromatic rings. The number of anilines is 3. The molecule has 2 aliphatic heterocycles. The number of benzene rings is 3.